The summed E-state index contributed by atoms with van der Waals surface area (Å²) in [6.45, 7) is 0. The molecule has 0 saturated carbocycles. The van der Waals surface area contributed by atoms with Gasteiger partial charge in [-0.25, -0.2) is 4.98 Å². The molecule has 0 spiro atoms. The number of carbonyl (C=O) groups excluding carboxylic acids is 1. The number of nitrogens with zero attached hydrogens (tertiary/aromatic N) is 2. The van der Waals surface area contributed by atoms with E-state index in [4.69, 9.17) is 9.47 Å². The number of rotatable bonds is 5. The highest BCUT2D eigenvalue weighted by Crippen LogP contribution is 2.29. The molecule has 0 aliphatic carbocycles. The zero-order valence-corrected chi connectivity index (χ0v) is 13.1. The lowest BCUT2D eigenvalue weighted by atomic mass is 10.2. The van der Waals surface area contributed by atoms with Gasteiger partial charge in [0.2, 0.25) is 0 Å². The number of aromatic nitrogens is 1. The van der Waals surface area contributed by atoms with E-state index in [9.17, 15) is 4.79 Å². The van der Waals surface area contributed by atoms with Gasteiger partial charge in [-0.05, 0) is 24.3 Å². The minimum absolute atomic E-state index is 0.250. The first-order valence-corrected chi connectivity index (χ1v) is 6.72. The summed E-state index contributed by atoms with van der Waals surface area (Å²) in [4.78, 5) is 18.5. The fraction of sp³-hybridized carbons (Fsp3) is 0.250. The van der Waals surface area contributed by atoms with Gasteiger partial charge in [0.15, 0.2) is 0 Å². The molecule has 0 aliphatic heterocycles. The van der Waals surface area contributed by atoms with Crippen molar-refractivity contribution >= 4 is 17.4 Å². The van der Waals surface area contributed by atoms with Crippen molar-refractivity contribution in [3.05, 3.63) is 42.1 Å². The maximum absolute atomic E-state index is 12.5. The van der Waals surface area contributed by atoms with Crippen LogP contribution >= 0.6 is 0 Å². The number of pyridine rings is 1. The third kappa shape index (κ3) is 3.28. The molecule has 1 aromatic heterocycles. The Hall–Kier alpha value is -2.76. The highest BCUT2D eigenvalue weighted by molar-refractivity contribution is 6.08. The lowest BCUT2D eigenvalue weighted by Gasteiger charge is -2.16. The van der Waals surface area contributed by atoms with E-state index in [1.165, 1.54) is 0 Å². The summed E-state index contributed by atoms with van der Waals surface area (Å²) in [5, 5.41) is 2.84. The van der Waals surface area contributed by atoms with Gasteiger partial charge in [-0.3, -0.25) is 4.79 Å². The molecule has 2 rings (SSSR count). The quantitative estimate of drug-likeness (QED) is 0.919. The molecular formula is C16H19N3O3. The number of amides is 1. The Morgan fingerprint density at radius 2 is 1.95 bits per heavy atom. The largest absolute Gasteiger partial charge is 0.497 e. The van der Waals surface area contributed by atoms with Gasteiger partial charge in [0.25, 0.3) is 5.91 Å². The average molecular weight is 301 g/mol. The molecule has 0 radical (unpaired) electrons. The van der Waals surface area contributed by atoms with Gasteiger partial charge < -0.3 is 19.7 Å². The van der Waals surface area contributed by atoms with Crippen LogP contribution in [-0.2, 0) is 0 Å². The smallest absolute Gasteiger partial charge is 0.259 e. The lowest BCUT2D eigenvalue weighted by molar-refractivity contribution is 0.102. The van der Waals surface area contributed by atoms with Crippen molar-refractivity contribution in [2.45, 2.75) is 0 Å². The molecule has 1 heterocycles. The molecule has 116 valence electrons. The van der Waals surface area contributed by atoms with Gasteiger partial charge >= 0.3 is 0 Å². The van der Waals surface area contributed by atoms with Crippen molar-refractivity contribution in [2.24, 2.45) is 0 Å². The van der Waals surface area contributed by atoms with Crippen molar-refractivity contribution in [2.75, 3.05) is 38.5 Å². The van der Waals surface area contributed by atoms with E-state index in [0.717, 1.165) is 0 Å². The summed E-state index contributed by atoms with van der Waals surface area (Å²) in [5.41, 5.74) is 1.06. The van der Waals surface area contributed by atoms with Crippen LogP contribution in [0.15, 0.2) is 36.5 Å². The second kappa shape index (κ2) is 6.80. The third-order valence-corrected chi connectivity index (χ3v) is 3.11. The van der Waals surface area contributed by atoms with E-state index < -0.39 is 0 Å². The highest BCUT2D eigenvalue weighted by Gasteiger charge is 2.15. The first-order chi connectivity index (χ1) is 10.6. The Morgan fingerprint density at radius 3 is 2.59 bits per heavy atom. The normalized spacial score (nSPS) is 10.0. The minimum atomic E-state index is -0.250. The first-order valence-electron chi connectivity index (χ1n) is 6.72. The molecule has 0 aliphatic rings. The van der Waals surface area contributed by atoms with Crippen LogP contribution < -0.4 is 19.7 Å². The maximum Gasteiger partial charge on any atom is 0.259 e. The number of hydrogen-bond donors (Lipinski definition) is 1. The predicted molar refractivity (Wildman–Crippen MR) is 86.1 cm³/mol. The zero-order chi connectivity index (χ0) is 16.1. The molecule has 0 atom stereocenters. The Balaban J connectivity index is 2.30. The Morgan fingerprint density at radius 1 is 1.18 bits per heavy atom. The number of ether oxygens (including phenoxy) is 2. The first kappa shape index (κ1) is 15.6. The van der Waals surface area contributed by atoms with E-state index in [1.54, 1.807) is 55.6 Å². The topological polar surface area (TPSA) is 63.7 Å². The van der Waals surface area contributed by atoms with Gasteiger partial charge in [-0.2, -0.15) is 0 Å². The van der Waals surface area contributed by atoms with Crippen LogP contribution in [0.25, 0.3) is 0 Å². The fourth-order valence-corrected chi connectivity index (χ4v) is 2.02. The van der Waals surface area contributed by atoms with E-state index >= 15 is 0 Å². The van der Waals surface area contributed by atoms with E-state index in [0.29, 0.717) is 28.6 Å². The predicted octanol–water partition coefficient (Wildman–Crippen LogP) is 2.42. The molecule has 6 heteroatoms. The van der Waals surface area contributed by atoms with Crippen molar-refractivity contribution in [1.82, 2.24) is 4.98 Å². The van der Waals surface area contributed by atoms with Gasteiger partial charge in [-0.15, -0.1) is 0 Å². The van der Waals surface area contributed by atoms with Crippen LogP contribution in [0.4, 0.5) is 11.5 Å². The van der Waals surface area contributed by atoms with E-state index in [1.807, 2.05) is 14.1 Å². The fourth-order valence-electron chi connectivity index (χ4n) is 2.02. The lowest BCUT2D eigenvalue weighted by Crippen LogP contribution is -2.19. The minimum Gasteiger partial charge on any atom is -0.497 e. The molecule has 1 amide bonds. The highest BCUT2D eigenvalue weighted by atomic mass is 16.5. The summed E-state index contributed by atoms with van der Waals surface area (Å²) in [5.74, 6) is 1.54. The Kier molecular flexibility index (Phi) is 4.83. The summed E-state index contributed by atoms with van der Waals surface area (Å²) in [6, 6.07) is 8.67. The van der Waals surface area contributed by atoms with E-state index in [-0.39, 0.29) is 5.91 Å². The molecule has 2 aromatic rings. The summed E-state index contributed by atoms with van der Waals surface area (Å²) in [7, 11) is 6.80. The van der Waals surface area contributed by atoms with Crippen molar-refractivity contribution in [3.63, 3.8) is 0 Å². The van der Waals surface area contributed by atoms with Crippen LogP contribution in [0.2, 0.25) is 0 Å². The number of hydrogen-bond acceptors (Lipinski definition) is 5. The van der Waals surface area contributed by atoms with Crippen molar-refractivity contribution in [1.29, 1.82) is 0 Å². The maximum atomic E-state index is 12.5. The number of benzene rings is 1. The molecule has 0 unspecified atom stereocenters. The summed E-state index contributed by atoms with van der Waals surface area (Å²) >= 11 is 0. The Labute approximate surface area is 129 Å². The molecule has 22 heavy (non-hydrogen) atoms. The molecule has 6 nitrogen and oxygen atoms in total. The standard InChI is InChI=1S/C16H19N3O3/c1-19(2)15-12(6-5-9-17-15)16(20)18-13-8-7-11(21-3)10-14(13)22-4/h5-10H,1-4H3,(H,18,20). The van der Waals surface area contributed by atoms with E-state index in [2.05, 4.69) is 10.3 Å². The summed E-state index contributed by atoms with van der Waals surface area (Å²) in [6.07, 6.45) is 1.65. The molecule has 0 saturated heterocycles. The van der Waals surface area contributed by atoms with Crippen LogP contribution in [0.5, 0.6) is 11.5 Å². The van der Waals surface area contributed by atoms with Gasteiger partial charge in [0, 0.05) is 26.4 Å². The molecule has 0 fully saturated rings. The number of carbonyl (C=O) groups is 1. The van der Waals surface area contributed by atoms with Crippen LogP contribution in [0.3, 0.4) is 0 Å². The van der Waals surface area contributed by atoms with Crippen LogP contribution in [0, 0.1) is 0 Å². The third-order valence-electron chi connectivity index (χ3n) is 3.11. The van der Waals surface area contributed by atoms with Crippen LogP contribution in [0.1, 0.15) is 10.4 Å². The number of nitrogens with one attached hydrogen (secondary N) is 1. The SMILES string of the molecule is COc1ccc(NC(=O)c2cccnc2N(C)C)c(OC)c1. The van der Waals surface area contributed by atoms with Crippen molar-refractivity contribution in [3.8, 4) is 11.5 Å². The second-order valence-electron chi connectivity index (χ2n) is 4.79. The second-order valence-corrected chi connectivity index (χ2v) is 4.79. The zero-order valence-electron chi connectivity index (χ0n) is 13.1. The monoisotopic (exact) mass is 301 g/mol. The number of anilines is 2. The van der Waals surface area contributed by atoms with Gasteiger partial charge in [0.05, 0.1) is 25.5 Å². The summed E-state index contributed by atoms with van der Waals surface area (Å²) < 4.78 is 10.4. The molecular weight excluding hydrogens is 282 g/mol. The van der Waals surface area contributed by atoms with Gasteiger partial charge in [-0.1, -0.05) is 0 Å². The molecule has 1 N–H and O–H groups in total. The van der Waals surface area contributed by atoms with Crippen LogP contribution in [-0.4, -0.2) is 39.2 Å². The van der Waals surface area contributed by atoms with Crippen molar-refractivity contribution < 1.29 is 14.3 Å². The van der Waals surface area contributed by atoms with Gasteiger partial charge in [0.1, 0.15) is 17.3 Å². The molecule has 1 aromatic carbocycles. The molecule has 0 bridgehead atoms. The number of methoxy groups -OCH3 is 2. The Bertz CT molecular complexity index is 671. The average Bonchev–Trinajstić information content (AvgIpc) is 2.55.